The highest BCUT2D eigenvalue weighted by molar-refractivity contribution is 14.1. The van der Waals surface area contributed by atoms with E-state index >= 15 is 0 Å². The highest BCUT2D eigenvalue weighted by Gasteiger charge is 2.14. The third kappa shape index (κ3) is 8.46. The molecule has 2 rings (SSSR count). The lowest BCUT2D eigenvalue weighted by Gasteiger charge is -2.14. The van der Waals surface area contributed by atoms with Gasteiger partial charge in [0.15, 0.2) is 11.5 Å². The van der Waals surface area contributed by atoms with Crippen molar-refractivity contribution in [2.75, 3.05) is 32.0 Å². The van der Waals surface area contributed by atoms with Crippen LogP contribution in [0.4, 0.5) is 5.82 Å². The van der Waals surface area contributed by atoms with E-state index in [0.717, 1.165) is 31.3 Å². The van der Waals surface area contributed by atoms with Gasteiger partial charge in [0.05, 0.1) is 13.2 Å². The summed E-state index contributed by atoms with van der Waals surface area (Å²) in [6.07, 6.45) is 9.45. The van der Waals surface area contributed by atoms with Gasteiger partial charge >= 0.3 is 17.7 Å². The number of carbonyl (C=O) groups is 1. The molecule has 0 aromatic carbocycles. The minimum absolute atomic E-state index is 0.181. The predicted octanol–water partition coefficient (Wildman–Crippen LogP) is 3.38. The van der Waals surface area contributed by atoms with Crippen LogP contribution in [-0.2, 0) is 16.1 Å². The summed E-state index contributed by atoms with van der Waals surface area (Å²) in [5.74, 6) is -0.0499. The number of nitrogens with one attached hydrogen (secondary N) is 1. The second-order valence-corrected chi connectivity index (χ2v) is 8.74. The standard InChI is InChI=1S/C22H33IN6O4/c1-4-7-13-33-21-26-19(24)18-20(27-21)29(22(31)25-18)12-9-8-11-16(10-5-2)14-28(23)15-17(30)32-6-3/h5,10-11H,4,6-9,12-15H2,1-3H3,(H,25,31)(H2,24,26,27)/b10-5-,16-11+. The molecular formula is C22H33IN6O4. The molecule has 0 spiro atoms. The molecule has 0 aliphatic rings. The van der Waals surface area contributed by atoms with Crippen LogP contribution in [0.25, 0.3) is 11.2 Å². The van der Waals surface area contributed by atoms with Crippen LogP contribution in [0, 0.1) is 0 Å². The van der Waals surface area contributed by atoms with Crippen molar-refractivity contribution in [2.45, 2.75) is 53.0 Å². The van der Waals surface area contributed by atoms with Crippen molar-refractivity contribution < 1.29 is 14.3 Å². The molecule has 0 saturated heterocycles. The molecule has 0 radical (unpaired) electrons. The number of imidazole rings is 1. The van der Waals surface area contributed by atoms with Gasteiger partial charge in [-0.1, -0.05) is 31.6 Å². The number of esters is 1. The highest BCUT2D eigenvalue weighted by atomic mass is 127. The topological polar surface area (TPSA) is 128 Å². The summed E-state index contributed by atoms with van der Waals surface area (Å²) in [5, 5.41) is 0. The number of hydrogen-bond donors (Lipinski definition) is 2. The van der Waals surface area contributed by atoms with Crippen LogP contribution in [0.1, 0.15) is 46.5 Å². The number of nitrogens with zero attached hydrogens (tertiary/aromatic N) is 4. The summed E-state index contributed by atoms with van der Waals surface area (Å²) < 4.78 is 14.0. The van der Waals surface area contributed by atoms with E-state index in [1.165, 1.54) is 0 Å². The van der Waals surface area contributed by atoms with Crippen LogP contribution >= 0.6 is 22.9 Å². The van der Waals surface area contributed by atoms with E-state index < -0.39 is 0 Å². The molecule has 0 aliphatic carbocycles. The van der Waals surface area contributed by atoms with Crippen LogP contribution in [0.3, 0.4) is 0 Å². The smallest absolute Gasteiger partial charge is 0.327 e. The average Bonchev–Trinajstić information content (AvgIpc) is 3.07. The zero-order valence-electron chi connectivity index (χ0n) is 19.5. The number of carbonyl (C=O) groups excluding carboxylic acids is 1. The quantitative estimate of drug-likeness (QED) is 0.116. The molecule has 182 valence electrons. The van der Waals surface area contributed by atoms with E-state index in [-0.39, 0.29) is 30.0 Å². The molecule has 0 fully saturated rings. The number of fused-ring (bicyclic) bond motifs is 1. The van der Waals surface area contributed by atoms with Crippen molar-refractivity contribution in [2.24, 2.45) is 0 Å². The molecule has 10 nitrogen and oxygen atoms in total. The summed E-state index contributed by atoms with van der Waals surface area (Å²) in [7, 11) is 0. The van der Waals surface area contributed by atoms with Crippen molar-refractivity contribution >= 4 is 45.8 Å². The molecule has 0 aliphatic heterocycles. The normalized spacial score (nSPS) is 12.2. The Labute approximate surface area is 207 Å². The van der Waals surface area contributed by atoms with Gasteiger partial charge in [-0.2, -0.15) is 9.97 Å². The molecule has 2 aromatic rings. The maximum atomic E-state index is 12.5. The number of aromatic amines is 1. The lowest BCUT2D eigenvalue weighted by atomic mass is 10.1. The third-order valence-corrected chi connectivity index (χ3v) is 5.37. The lowest BCUT2D eigenvalue weighted by Crippen LogP contribution is -2.24. The van der Waals surface area contributed by atoms with Gasteiger partial charge < -0.3 is 20.2 Å². The number of hydrogen-bond acceptors (Lipinski definition) is 8. The second kappa shape index (κ2) is 14.0. The average molecular weight is 572 g/mol. The van der Waals surface area contributed by atoms with E-state index in [1.807, 2.05) is 22.2 Å². The fraction of sp³-hybridized carbons (Fsp3) is 0.545. The Morgan fingerprint density at radius 2 is 2.06 bits per heavy atom. The fourth-order valence-electron chi connectivity index (χ4n) is 3.15. The Kier molecular flexibility index (Phi) is 11.4. The number of nitrogens with two attached hydrogens (primary N) is 1. The number of allylic oxidation sites excluding steroid dienone is 2. The molecule has 0 bridgehead atoms. The van der Waals surface area contributed by atoms with Crippen molar-refractivity contribution in [3.8, 4) is 6.01 Å². The summed E-state index contributed by atoms with van der Waals surface area (Å²) in [5.41, 5.74) is 7.68. The zero-order valence-corrected chi connectivity index (χ0v) is 21.6. The van der Waals surface area contributed by atoms with Crippen molar-refractivity contribution in [1.82, 2.24) is 22.6 Å². The van der Waals surface area contributed by atoms with Gasteiger partial charge in [-0.15, -0.1) is 0 Å². The van der Waals surface area contributed by atoms with E-state index in [2.05, 4.69) is 50.8 Å². The van der Waals surface area contributed by atoms with Crippen LogP contribution < -0.4 is 16.2 Å². The SMILES string of the molecule is C/C=C\C(=C/CCCn1c(=O)[nH]c2c(N)nc(OCCCC)nc21)CN(I)CC(=O)OCC. The molecule has 2 aromatic heterocycles. The van der Waals surface area contributed by atoms with Gasteiger partial charge in [-0.25, -0.2) is 7.91 Å². The van der Waals surface area contributed by atoms with Gasteiger partial charge in [0, 0.05) is 36.0 Å². The van der Waals surface area contributed by atoms with Gasteiger partial charge in [-0.05, 0) is 38.7 Å². The van der Waals surface area contributed by atoms with Crippen LogP contribution in [0.2, 0.25) is 0 Å². The number of anilines is 1. The monoisotopic (exact) mass is 572 g/mol. The third-order valence-electron chi connectivity index (χ3n) is 4.69. The summed E-state index contributed by atoms with van der Waals surface area (Å²) in [4.78, 5) is 35.4. The van der Waals surface area contributed by atoms with Gasteiger partial charge in [0.2, 0.25) is 0 Å². The summed E-state index contributed by atoms with van der Waals surface area (Å²) >= 11 is 2.12. The maximum Gasteiger partial charge on any atom is 0.327 e. The zero-order chi connectivity index (χ0) is 24.2. The highest BCUT2D eigenvalue weighted by Crippen LogP contribution is 2.18. The summed E-state index contributed by atoms with van der Waals surface area (Å²) in [6, 6.07) is 0.181. The molecule has 0 atom stereocenters. The lowest BCUT2D eigenvalue weighted by molar-refractivity contribution is -0.142. The molecular weight excluding hydrogens is 539 g/mol. The first-order chi connectivity index (χ1) is 15.9. The van der Waals surface area contributed by atoms with Gasteiger partial charge in [0.1, 0.15) is 12.1 Å². The largest absolute Gasteiger partial charge is 0.465 e. The molecule has 2 heterocycles. The van der Waals surface area contributed by atoms with E-state index in [4.69, 9.17) is 15.2 Å². The fourth-order valence-corrected chi connectivity index (χ4v) is 3.82. The molecule has 0 amide bonds. The number of halogens is 1. The Morgan fingerprint density at radius 1 is 1.27 bits per heavy atom. The minimum atomic E-state index is -0.276. The number of aryl methyl sites for hydroxylation is 1. The van der Waals surface area contributed by atoms with Crippen LogP contribution in [0.5, 0.6) is 6.01 Å². The van der Waals surface area contributed by atoms with Crippen molar-refractivity contribution in [3.63, 3.8) is 0 Å². The summed E-state index contributed by atoms with van der Waals surface area (Å²) in [6.45, 7) is 7.99. The van der Waals surface area contributed by atoms with Gasteiger partial charge in [0.25, 0.3) is 0 Å². The first kappa shape index (κ1) is 26.8. The Hall–Kier alpha value is -2.41. The Morgan fingerprint density at radius 3 is 2.76 bits per heavy atom. The molecule has 0 saturated carbocycles. The predicted molar refractivity (Wildman–Crippen MR) is 137 cm³/mol. The van der Waals surface area contributed by atoms with E-state index in [0.29, 0.717) is 37.5 Å². The Balaban J connectivity index is 2.04. The first-order valence-corrected chi connectivity index (χ1v) is 12.1. The Bertz CT molecular complexity index is 1030. The van der Waals surface area contributed by atoms with Crippen LogP contribution in [0.15, 0.2) is 28.6 Å². The molecule has 11 heteroatoms. The van der Waals surface area contributed by atoms with Crippen molar-refractivity contribution in [3.05, 3.63) is 34.3 Å². The number of aromatic nitrogens is 4. The van der Waals surface area contributed by atoms with Gasteiger partial charge in [-0.3, -0.25) is 9.36 Å². The number of rotatable bonds is 14. The van der Waals surface area contributed by atoms with Crippen LogP contribution in [-0.4, -0.2) is 54.9 Å². The molecule has 0 unspecified atom stereocenters. The van der Waals surface area contributed by atoms with E-state index in [1.54, 1.807) is 11.5 Å². The number of unbranched alkanes of at least 4 members (excludes halogenated alkanes) is 2. The second-order valence-electron chi connectivity index (χ2n) is 7.38. The number of H-pyrrole nitrogens is 1. The number of nitrogen functional groups attached to an aromatic ring is 1. The number of ether oxygens (including phenoxy) is 2. The van der Waals surface area contributed by atoms with Crippen molar-refractivity contribution in [1.29, 1.82) is 0 Å². The van der Waals surface area contributed by atoms with E-state index in [9.17, 15) is 9.59 Å². The maximum absolute atomic E-state index is 12.5. The first-order valence-electron chi connectivity index (χ1n) is 11.2. The minimum Gasteiger partial charge on any atom is -0.465 e. The molecule has 3 N–H and O–H groups in total. The molecule has 33 heavy (non-hydrogen) atoms.